The van der Waals surface area contributed by atoms with E-state index in [-0.39, 0.29) is 22.3 Å². The Hall–Kier alpha value is -2.45. The quantitative estimate of drug-likeness (QED) is 0.432. The van der Waals surface area contributed by atoms with E-state index >= 15 is 0 Å². The van der Waals surface area contributed by atoms with Crippen LogP contribution in [0.2, 0.25) is 15.1 Å². The summed E-state index contributed by atoms with van der Waals surface area (Å²) in [4.78, 5) is 12.1. The van der Waals surface area contributed by atoms with Gasteiger partial charge in [0.25, 0.3) is 15.9 Å². The molecule has 0 atom stereocenters. The number of amides is 1. The molecule has 31 heavy (non-hydrogen) atoms. The van der Waals surface area contributed by atoms with Crippen molar-refractivity contribution in [3.8, 4) is 5.75 Å². The molecule has 3 rings (SSSR count). The molecule has 0 aliphatic rings. The molecule has 2 N–H and O–H groups in total. The number of carbonyl (C=O) groups excluding carboxylic acids is 1. The second kappa shape index (κ2) is 9.78. The third-order valence-electron chi connectivity index (χ3n) is 4.13. The van der Waals surface area contributed by atoms with Gasteiger partial charge < -0.3 is 10.1 Å². The van der Waals surface area contributed by atoms with Crippen molar-refractivity contribution in [3.05, 3.63) is 81.3 Å². The lowest BCUT2D eigenvalue weighted by Gasteiger charge is -2.12. The highest BCUT2D eigenvalue weighted by atomic mass is 35.5. The molecule has 0 heterocycles. The van der Waals surface area contributed by atoms with Gasteiger partial charge >= 0.3 is 0 Å². The van der Waals surface area contributed by atoms with Crippen LogP contribution in [0.4, 0.5) is 11.4 Å². The maximum Gasteiger partial charge on any atom is 0.262 e. The van der Waals surface area contributed by atoms with E-state index in [4.69, 9.17) is 39.5 Å². The van der Waals surface area contributed by atoms with E-state index in [1.165, 1.54) is 18.2 Å². The van der Waals surface area contributed by atoms with Gasteiger partial charge in [0.1, 0.15) is 5.75 Å². The molecule has 3 aromatic carbocycles. The third kappa shape index (κ3) is 6.27. The number of anilines is 2. The summed E-state index contributed by atoms with van der Waals surface area (Å²) in [7, 11) is -3.87. The van der Waals surface area contributed by atoms with Crippen molar-refractivity contribution in [1.29, 1.82) is 0 Å². The molecule has 0 radical (unpaired) electrons. The van der Waals surface area contributed by atoms with E-state index in [1.807, 2.05) is 6.92 Å². The van der Waals surface area contributed by atoms with Crippen molar-refractivity contribution in [2.24, 2.45) is 0 Å². The second-order valence-corrected chi connectivity index (χ2v) is 9.46. The van der Waals surface area contributed by atoms with Gasteiger partial charge in [-0.15, -0.1) is 0 Å². The smallest absolute Gasteiger partial charge is 0.262 e. The summed E-state index contributed by atoms with van der Waals surface area (Å²) >= 11 is 17.9. The fraction of sp³-hybridized carbons (Fsp3) is 0.0952. The first-order valence-electron chi connectivity index (χ1n) is 8.91. The molecule has 0 aromatic heterocycles. The Balaban J connectivity index is 1.64. The van der Waals surface area contributed by atoms with Crippen molar-refractivity contribution in [2.45, 2.75) is 11.8 Å². The molecule has 3 aromatic rings. The lowest BCUT2D eigenvalue weighted by atomic mass is 10.2. The first-order chi connectivity index (χ1) is 14.6. The molecule has 0 aliphatic heterocycles. The van der Waals surface area contributed by atoms with Gasteiger partial charge in [-0.3, -0.25) is 9.52 Å². The molecule has 0 aliphatic carbocycles. The lowest BCUT2D eigenvalue weighted by Crippen LogP contribution is -2.20. The standard InChI is InChI=1S/C21H17Cl3N2O4S/c1-13-10-15(23)4-8-19(13)25-21(27)12-30-20-9-7-17(11-18(20)24)31(28,29)26-16-5-2-14(22)3-6-16/h2-11,26H,12H2,1H3,(H,25,27). The van der Waals surface area contributed by atoms with E-state index < -0.39 is 15.9 Å². The Morgan fingerprint density at radius 3 is 2.26 bits per heavy atom. The fourth-order valence-electron chi connectivity index (χ4n) is 2.59. The number of benzene rings is 3. The lowest BCUT2D eigenvalue weighted by molar-refractivity contribution is -0.118. The van der Waals surface area contributed by atoms with Gasteiger partial charge in [-0.25, -0.2) is 8.42 Å². The van der Waals surface area contributed by atoms with Crippen LogP contribution in [0.5, 0.6) is 5.75 Å². The Bertz CT molecular complexity index is 1220. The molecule has 6 nitrogen and oxygen atoms in total. The molecule has 10 heteroatoms. The van der Waals surface area contributed by atoms with Gasteiger partial charge in [-0.05, 0) is 73.2 Å². The molecule has 162 valence electrons. The van der Waals surface area contributed by atoms with E-state index in [9.17, 15) is 13.2 Å². The molecule has 0 fully saturated rings. The van der Waals surface area contributed by atoms with Gasteiger partial charge in [0, 0.05) is 21.4 Å². The van der Waals surface area contributed by atoms with E-state index in [0.29, 0.717) is 21.4 Å². The van der Waals surface area contributed by atoms with Crippen molar-refractivity contribution in [3.63, 3.8) is 0 Å². The van der Waals surface area contributed by atoms with Crippen LogP contribution < -0.4 is 14.8 Å². The highest BCUT2D eigenvalue weighted by Crippen LogP contribution is 2.28. The summed E-state index contributed by atoms with van der Waals surface area (Å²) in [6.07, 6.45) is 0. The van der Waals surface area contributed by atoms with E-state index in [2.05, 4.69) is 10.0 Å². The summed E-state index contributed by atoms with van der Waals surface area (Å²) in [5, 5.41) is 3.82. The number of sulfonamides is 1. The minimum Gasteiger partial charge on any atom is -0.482 e. The number of ether oxygens (including phenoxy) is 1. The number of halogens is 3. The molecule has 0 bridgehead atoms. The maximum atomic E-state index is 12.6. The summed E-state index contributed by atoms with van der Waals surface area (Å²) in [6.45, 7) is 1.51. The summed E-state index contributed by atoms with van der Waals surface area (Å²) in [5.74, 6) is -0.224. The normalized spacial score (nSPS) is 11.1. The van der Waals surface area contributed by atoms with E-state index in [0.717, 1.165) is 5.56 Å². The SMILES string of the molecule is Cc1cc(Cl)ccc1NC(=O)COc1ccc(S(=O)(=O)Nc2ccc(Cl)cc2)cc1Cl. The van der Waals surface area contributed by atoms with E-state index in [1.54, 1.807) is 42.5 Å². The zero-order valence-corrected chi connectivity index (χ0v) is 19.2. The Morgan fingerprint density at radius 1 is 0.935 bits per heavy atom. The molecular formula is C21H17Cl3N2O4S. The Kier molecular flexibility index (Phi) is 7.33. The molecule has 0 saturated heterocycles. The topological polar surface area (TPSA) is 84.5 Å². The third-order valence-corrected chi connectivity index (χ3v) is 6.29. The molecule has 1 amide bonds. The number of hydrogen-bond acceptors (Lipinski definition) is 4. The monoisotopic (exact) mass is 498 g/mol. The average molecular weight is 500 g/mol. The van der Waals surface area contributed by atoms with Crippen LogP contribution in [-0.4, -0.2) is 20.9 Å². The number of rotatable bonds is 7. The van der Waals surface area contributed by atoms with Crippen molar-refractivity contribution in [2.75, 3.05) is 16.6 Å². The van der Waals surface area contributed by atoms with Crippen LogP contribution in [0.15, 0.2) is 65.6 Å². The van der Waals surface area contributed by atoms with Gasteiger partial charge in [0.2, 0.25) is 0 Å². The second-order valence-electron chi connectivity index (χ2n) is 6.50. The zero-order valence-electron chi connectivity index (χ0n) is 16.2. The predicted octanol–water partition coefficient (Wildman–Crippen LogP) is 5.77. The first-order valence-corrected chi connectivity index (χ1v) is 11.5. The average Bonchev–Trinajstić information content (AvgIpc) is 2.70. The van der Waals surface area contributed by atoms with Crippen LogP contribution in [0.3, 0.4) is 0 Å². The van der Waals surface area contributed by atoms with Crippen LogP contribution in [0, 0.1) is 6.92 Å². The van der Waals surface area contributed by atoms with Crippen molar-refractivity contribution < 1.29 is 17.9 Å². The Morgan fingerprint density at radius 2 is 1.61 bits per heavy atom. The number of nitrogens with one attached hydrogen (secondary N) is 2. The number of carbonyl (C=O) groups is 1. The summed E-state index contributed by atoms with van der Waals surface area (Å²) < 4.78 is 33.0. The number of aryl methyl sites for hydroxylation is 1. The van der Waals surface area contributed by atoms with Crippen LogP contribution >= 0.6 is 34.8 Å². The molecule has 0 spiro atoms. The van der Waals surface area contributed by atoms with Crippen LogP contribution in [-0.2, 0) is 14.8 Å². The van der Waals surface area contributed by atoms with Crippen molar-refractivity contribution >= 4 is 62.1 Å². The number of hydrogen-bond donors (Lipinski definition) is 2. The maximum absolute atomic E-state index is 12.6. The van der Waals surface area contributed by atoms with Crippen LogP contribution in [0.25, 0.3) is 0 Å². The van der Waals surface area contributed by atoms with Gasteiger partial charge in [-0.1, -0.05) is 34.8 Å². The van der Waals surface area contributed by atoms with Gasteiger partial charge in [0.05, 0.1) is 9.92 Å². The highest BCUT2D eigenvalue weighted by molar-refractivity contribution is 7.92. The molecular weight excluding hydrogens is 483 g/mol. The summed E-state index contributed by atoms with van der Waals surface area (Å²) in [5.41, 5.74) is 1.77. The Labute approximate surface area is 195 Å². The van der Waals surface area contributed by atoms with Crippen molar-refractivity contribution in [1.82, 2.24) is 0 Å². The van der Waals surface area contributed by atoms with Gasteiger partial charge in [0.15, 0.2) is 6.61 Å². The predicted molar refractivity (Wildman–Crippen MR) is 124 cm³/mol. The zero-order chi connectivity index (χ0) is 22.6. The molecule has 0 unspecified atom stereocenters. The van der Waals surface area contributed by atoms with Crippen LogP contribution in [0.1, 0.15) is 5.56 Å². The summed E-state index contributed by atoms with van der Waals surface area (Å²) in [6, 6.07) is 15.3. The fourth-order valence-corrected chi connectivity index (χ4v) is 4.33. The first kappa shape index (κ1) is 23.2. The minimum absolute atomic E-state index is 0.0504. The highest BCUT2D eigenvalue weighted by Gasteiger charge is 2.17. The minimum atomic E-state index is -3.87. The molecule has 0 saturated carbocycles. The largest absolute Gasteiger partial charge is 0.482 e. The van der Waals surface area contributed by atoms with Gasteiger partial charge in [-0.2, -0.15) is 0 Å².